The smallest absolute Gasteiger partial charge is 0.504 e. The number of aromatic nitrogens is 1. The van der Waals surface area contributed by atoms with Crippen molar-refractivity contribution in [3.8, 4) is 5.75 Å². The number of aromatic carboxylic acids is 1. The molecule has 0 aliphatic carbocycles. The molecule has 0 fully saturated rings. The molecule has 3 rings (SSSR count). The van der Waals surface area contributed by atoms with E-state index in [9.17, 15) is 24.7 Å². The van der Waals surface area contributed by atoms with Crippen LogP contribution >= 0.6 is 0 Å². The molecule has 168 valence electrons. The first kappa shape index (κ1) is 23.6. The van der Waals surface area contributed by atoms with Crippen LogP contribution < -0.4 is 10.3 Å². The van der Waals surface area contributed by atoms with Gasteiger partial charge in [0, 0.05) is 12.5 Å². The number of phenols is 1. The molecule has 0 aliphatic heterocycles. The average Bonchev–Trinajstić information content (AvgIpc) is 2.77. The van der Waals surface area contributed by atoms with Crippen LogP contribution in [0.2, 0.25) is 0 Å². The van der Waals surface area contributed by atoms with Gasteiger partial charge in [-0.2, -0.15) is 0 Å². The Hall–Kier alpha value is -4.02. The van der Waals surface area contributed by atoms with E-state index in [1.54, 1.807) is 18.2 Å². The lowest BCUT2D eigenvalue weighted by molar-refractivity contribution is -0.674. The number of aliphatic imine (C=N–C) groups is 1. The maximum atomic E-state index is 12.4. The highest BCUT2D eigenvalue weighted by Crippen LogP contribution is 2.23. The Morgan fingerprint density at radius 2 is 1.64 bits per heavy atom. The predicted octanol–water partition coefficient (Wildman–Crippen LogP) is 0.773. The Kier molecular flexibility index (Phi) is 7.55. The number of hydrogen-bond donors (Lipinski definition) is 5. The summed E-state index contributed by atoms with van der Waals surface area (Å²) in [5.74, 6) is -1.83. The molecule has 3 aromatic rings. The number of pyridine rings is 1. The van der Waals surface area contributed by atoms with E-state index >= 15 is 0 Å². The SMILES string of the molecule is Nc1cccc[n+]1Cc1ccc(CC(=O)N=C(Cc2cccc(C(=O)O)c2O)B(O)O)cc1. The molecule has 0 spiro atoms. The first-order valence-electron chi connectivity index (χ1n) is 10.1. The summed E-state index contributed by atoms with van der Waals surface area (Å²) in [6.07, 6.45) is 1.50. The Labute approximate surface area is 190 Å². The van der Waals surface area contributed by atoms with Crippen molar-refractivity contribution in [2.75, 3.05) is 5.73 Å². The van der Waals surface area contributed by atoms with Gasteiger partial charge in [-0.1, -0.05) is 42.5 Å². The van der Waals surface area contributed by atoms with Crippen LogP contribution in [0, 0.1) is 0 Å². The summed E-state index contributed by atoms with van der Waals surface area (Å²) in [5, 5.41) is 38.5. The number of nitrogens with zero attached hydrogens (tertiary/aromatic N) is 2. The molecule has 0 unspecified atom stereocenters. The van der Waals surface area contributed by atoms with Crippen LogP contribution in [-0.2, 0) is 24.2 Å². The monoisotopic (exact) mass is 448 g/mol. The summed E-state index contributed by atoms with van der Waals surface area (Å²) < 4.78 is 1.88. The summed E-state index contributed by atoms with van der Waals surface area (Å²) in [5.41, 5.74) is 7.08. The Bertz CT molecular complexity index is 1200. The highest BCUT2D eigenvalue weighted by molar-refractivity contribution is 6.80. The fourth-order valence-electron chi connectivity index (χ4n) is 3.26. The largest absolute Gasteiger partial charge is 0.507 e. The third kappa shape index (κ3) is 6.25. The lowest BCUT2D eigenvalue weighted by Gasteiger charge is -2.09. The molecule has 9 nitrogen and oxygen atoms in total. The molecule has 0 atom stereocenters. The second kappa shape index (κ2) is 10.5. The Morgan fingerprint density at radius 3 is 2.27 bits per heavy atom. The quantitative estimate of drug-likeness (QED) is 0.194. The zero-order valence-electron chi connectivity index (χ0n) is 17.6. The number of carbonyl (C=O) groups excluding carboxylic acids is 1. The molecule has 10 heteroatoms. The number of nitrogens with two attached hydrogens (primary N) is 1. The summed E-state index contributed by atoms with van der Waals surface area (Å²) in [7, 11) is -2.04. The first-order chi connectivity index (χ1) is 15.7. The lowest BCUT2D eigenvalue weighted by atomic mass is 9.79. The second-order valence-electron chi connectivity index (χ2n) is 7.41. The van der Waals surface area contributed by atoms with Crippen molar-refractivity contribution in [3.63, 3.8) is 0 Å². The number of hydrogen-bond acceptors (Lipinski definition) is 6. The van der Waals surface area contributed by atoms with Gasteiger partial charge in [0.25, 0.3) is 5.82 Å². The van der Waals surface area contributed by atoms with E-state index in [0.29, 0.717) is 17.9 Å². The van der Waals surface area contributed by atoms with Crippen molar-refractivity contribution in [2.24, 2.45) is 4.99 Å². The van der Waals surface area contributed by atoms with E-state index in [4.69, 9.17) is 10.8 Å². The van der Waals surface area contributed by atoms with Crippen molar-refractivity contribution in [3.05, 3.63) is 89.1 Å². The summed E-state index contributed by atoms with van der Waals surface area (Å²) in [4.78, 5) is 27.4. The minimum Gasteiger partial charge on any atom is -0.507 e. The molecule has 0 saturated heterocycles. The maximum absolute atomic E-state index is 12.4. The van der Waals surface area contributed by atoms with Gasteiger partial charge in [-0.3, -0.25) is 10.5 Å². The molecule has 33 heavy (non-hydrogen) atoms. The van der Waals surface area contributed by atoms with E-state index in [1.165, 1.54) is 18.2 Å². The summed E-state index contributed by atoms with van der Waals surface area (Å²) >= 11 is 0. The molecule has 6 N–H and O–H groups in total. The number of carboxylic acids is 1. The van der Waals surface area contributed by atoms with Gasteiger partial charge < -0.3 is 20.3 Å². The fourth-order valence-corrected chi connectivity index (χ4v) is 3.26. The normalized spacial score (nSPS) is 11.3. The molecule has 0 bridgehead atoms. The minimum atomic E-state index is -2.04. The van der Waals surface area contributed by atoms with Crippen LogP contribution in [0.15, 0.2) is 71.9 Å². The number of nitrogen functional groups attached to an aromatic ring is 1. The number of carbonyl (C=O) groups is 2. The number of rotatable bonds is 8. The molecule has 0 saturated carbocycles. The van der Waals surface area contributed by atoms with E-state index in [-0.39, 0.29) is 29.6 Å². The highest BCUT2D eigenvalue weighted by Gasteiger charge is 2.22. The number of amides is 1. The molecular weight excluding hydrogens is 425 g/mol. The number of para-hydroxylation sites is 1. The van der Waals surface area contributed by atoms with Gasteiger partial charge in [-0.15, -0.1) is 0 Å². The topological polar surface area (TPSA) is 157 Å². The minimum absolute atomic E-state index is 0.0712. The third-order valence-corrected chi connectivity index (χ3v) is 4.99. The lowest BCUT2D eigenvalue weighted by Crippen LogP contribution is -2.36. The zero-order chi connectivity index (χ0) is 24.0. The van der Waals surface area contributed by atoms with Crippen molar-refractivity contribution < 1.29 is 34.4 Å². The van der Waals surface area contributed by atoms with Gasteiger partial charge in [-0.05, 0) is 28.8 Å². The van der Waals surface area contributed by atoms with Crippen molar-refractivity contribution in [1.29, 1.82) is 0 Å². The van der Waals surface area contributed by atoms with Crippen LogP contribution in [0.1, 0.15) is 27.0 Å². The van der Waals surface area contributed by atoms with Gasteiger partial charge >= 0.3 is 13.1 Å². The molecule has 1 heterocycles. The second-order valence-corrected chi connectivity index (χ2v) is 7.41. The Morgan fingerprint density at radius 1 is 0.939 bits per heavy atom. The van der Waals surface area contributed by atoms with Crippen LogP contribution in [0.5, 0.6) is 5.75 Å². The van der Waals surface area contributed by atoms with Gasteiger partial charge in [0.2, 0.25) is 5.91 Å². The predicted molar refractivity (Wildman–Crippen MR) is 122 cm³/mol. The van der Waals surface area contributed by atoms with Crippen molar-refractivity contribution >= 4 is 30.4 Å². The van der Waals surface area contributed by atoms with Gasteiger partial charge in [-0.25, -0.2) is 14.4 Å². The number of benzene rings is 2. The molecule has 1 aromatic heterocycles. The first-order valence-corrected chi connectivity index (χ1v) is 10.1. The number of carboxylic acid groups (broad SMARTS) is 1. The molecule has 2 aromatic carbocycles. The number of anilines is 1. The fraction of sp³-hybridized carbons (Fsp3) is 0.130. The summed E-state index contributed by atoms with van der Waals surface area (Å²) in [6, 6.07) is 16.9. The maximum Gasteiger partial charge on any atom is 0.504 e. The highest BCUT2D eigenvalue weighted by atomic mass is 16.4. The molecule has 0 radical (unpaired) electrons. The summed E-state index contributed by atoms with van der Waals surface area (Å²) in [6.45, 7) is 0.568. The van der Waals surface area contributed by atoms with Crippen LogP contribution in [0.25, 0.3) is 0 Å². The Balaban J connectivity index is 1.70. The van der Waals surface area contributed by atoms with E-state index in [2.05, 4.69) is 4.99 Å². The van der Waals surface area contributed by atoms with Gasteiger partial charge in [0.15, 0.2) is 0 Å². The van der Waals surface area contributed by atoms with Gasteiger partial charge in [0.1, 0.15) is 17.9 Å². The molecule has 0 aliphatic rings. The van der Waals surface area contributed by atoms with Crippen LogP contribution in [0.3, 0.4) is 0 Å². The van der Waals surface area contributed by atoms with Crippen LogP contribution in [-0.4, -0.2) is 44.9 Å². The third-order valence-electron chi connectivity index (χ3n) is 4.99. The van der Waals surface area contributed by atoms with Gasteiger partial charge in [0.05, 0.1) is 18.2 Å². The average molecular weight is 448 g/mol. The number of aromatic hydroxyl groups is 1. The zero-order valence-corrected chi connectivity index (χ0v) is 17.6. The van der Waals surface area contributed by atoms with Crippen molar-refractivity contribution in [1.82, 2.24) is 0 Å². The standard InChI is InChI=1S/C23H22BN3O6/c25-20-6-1-2-11-27(20)14-16-9-7-15(8-10-16)12-21(28)26-19(24(32)33)13-17-4-3-5-18(22(17)29)23(30)31/h1-11,25,32-33H,12-14H2,(H2,29,30,31)/p+1. The van der Waals surface area contributed by atoms with E-state index in [1.807, 2.05) is 35.0 Å². The van der Waals surface area contributed by atoms with E-state index in [0.717, 1.165) is 5.56 Å². The molecule has 1 amide bonds. The van der Waals surface area contributed by atoms with E-state index < -0.39 is 24.7 Å². The molecular formula is C23H23BN3O6+. The van der Waals surface area contributed by atoms with Crippen LogP contribution in [0.4, 0.5) is 5.82 Å². The van der Waals surface area contributed by atoms with Crippen molar-refractivity contribution in [2.45, 2.75) is 19.4 Å².